The van der Waals surface area contributed by atoms with E-state index in [-0.39, 0.29) is 0 Å². The van der Waals surface area contributed by atoms with E-state index in [1.807, 2.05) is 0 Å². The number of nitrogens with zero attached hydrogens (tertiary/aromatic N) is 1. The van der Waals surface area contributed by atoms with Gasteiger partial charge in [-0.15, -0.1) is 0 Å². The highest BCUT2D eigenvalue weighted by atomic mass is 16.3. The van der Waals surface area contributed by atoms with Gasteiger partial charge in [0.2, 0.25) is 0 Å². The summed E-state index contributed by atoms with van der Waals surface area (Å²) in [5.74, 6) is 0. The van der Waals surface area contributed by atoms with Crippen molar-refractivity contribution in [1.29, 1.82) is 0 Å². The smallest absolute Gasteiger partial charge is 0.136 e. The van der Waals surface area contributed by atoms with E-state index in [1.54, 1.807) is 0 Å². The Morgan fingerprint density at radius 2 is 0.825 bits per heavy atom. The fourth-order valence-corrected chi connectivity index (χ4v) is 10.2. The number of para-hydroxylation sites is 1. The molecule has 1 heterocycles. The molecule has 1 aliphatic rings. The van der Waals surface area contributed by atoms with Crippen LogP contribution in [0.3, 0.4) is 0 Å². The summed E-state index contributed by atoms with van der Waals surface area (Å²) in [5, 5.41) is 2.19. The predicted molar refractivity (Wildman–Crippen MR) is 262 cm³/mol. The van der Waals surface area contributed by atoms with E-state index >= 15 is 0 Å². The molecule has 12 rings (SSSR count). The third-order valence-corrected chi connectivity index (χ3v) is 13.0. The zero-order valence-electron chi connectivity index (χ0n) is 34.5. The Kier molecular flexibility index (Phi) is 8.76. The summed E-state index contributed by atoms with van der Waals surface area (Å²) in [7, 11) is 0. The molecule has 296 valence electrons. The van der Waals surface area contributed by atoms with Crippen LogP contribution < -0.4 is 4.90 Å². The van der Waals surface area contributed by atoms with Crippen LogP contribution in [0.4, 0.5) is 17.1 Å². The fourth-order valence-electron chi connectivity index (χ4n) is 10.2. The lowest BCUT2D eigenvalue weighted by Crippen LogP contribution is -2.28. The van der Waals surface area contributed by atoms with Crippen LogP contribution in [0.5, 0.6) is 0 Å². The molecule has 2 heteroatoms. The van der Waals surface area contributed by atoms with Gasteiger partial charge in [-0.1, -0.05) is 206 Å². The van der Waals surface area contributed by atoms with Gasteiger partial charge in [0, 0.05) is 27.7 Å². The molecular weight excluding hydrogens is 763 g/mol. The average molecular weight is 804 g/mol. The molecule has 0 bridgehead atoms. The third kappa shape index (κ3) is 5.95. The zero-order valence-corrected chi connectivity index (χ0v) is 34.5. The van der Waals surface area contributed by atoms with Gasteiger partial charge in [0.15, 0.2) is 0 Å². The normalized spacial score (nSPS) is 12.6. The Morgan fingerprint density at radius 3 is 1.48 bits per heavy atom. The molecule has 1 aliphatic carbocycles. The molecular formula is C61H41NO. The zero-order chi connectivity index (χ0) is 41.7. The van der Waals surface area contributed by atoms with Crippen molar-refractivity contribution in [3.8, 4) is 44.5 Å². The highest BCUT2D eigenvalue weighted by Gasteiger charge is 2.46. The summed E-state index contributed by atoms with van der Waals surface area (Å²) < 4.78 is 6.62. The summed E-state index contributed by atoms with van der Waals surface area (Å²) in [6.45, 7) is 0. The van der Waals surface area contributed by atoms with Gasteiger partial charge in [-0.3, -0.25) is 0 Å². The maximum atomic E-state index is 6.62. The van der Waals surface area contributed by atoms with Gasteiger partial charge in [0.1, 0.15) is 11.2 Å². The van der Waals surface area contributed by atoms with Crippen LogP contribution in [-0.4, -0.2) is 0 Å². The van der Waals surface area contributed by atoms with Gasteiger partial charge in [-0.2, -0.15) is 0 Å². The van der Waals surface area contributed by atoms with Gasteiger partial charge < -0.3 is 9.32 Å². The molecule has 0 amide bonds. The minimum Gasteiger partial charge on any atom is -0.456 e. The van der Waals surface area contributed by atoms with Crippen LogP contribution in [0.25, 0.3) is 66.4 Å². The maximum absolute atomic E-state index is 6.62. The van der Waals surface area contributed by atoms with Crippen molar-refractivity contribution in [3.05, 3.63) is 271 Å². The van der Waals surface area contributed by atoms with Gasteiger partial charge >= 0.3 is 0 Å². The van der Waals surface area contributed by atoms with Crippen LogP contribution in [0.15, 0.2) is 253 Å². The van der Waals surface area contributed by atoms with Gasteiger partial charge in [0.25, 0.3) is 0 Å². The molecule has 0 spiro atoms. The maximum Gasteiger partial charge on any atom is 0.136 e. The minimum atomic E-state index is -0.548. The summed E-state index contributed by atoms with van der Waals surface area (Å²) in [5.41, 5.74) is 18.9. The molecule has 0 radical (unpaired) electrons. The number of hydrogen-bond acceptors (Lipinski definition) is 2. The Labute approximate surface area is 367 Å². The van der Waals surface area contributed by atoms with Gasteiger partial charge in [-0.05, 0) is 104 Å². The molecule has 63 heavy (non-hydrogen) atoms. The largest absolute Gasteiger partial charge is 0.456 e. The van der Waals surface area contributed by atoms with Crippen molar-refractivity contribution in [2.75, 3.05) is 4.90 Å². The predicted octanol–water partition coefficient (Wildman–Crippen LogP) is 16.4. The number of fused-ring (bicyclic) bond motifs is 6. The highest BCUT2D eigenvalue weighted by molar-refractivity contribution is 6.16. The Balaban J connectivity index is 1.14. The number of anilines is 3. The van der Waals surface area contributed by atoms with E-state index in [0.29, 0.717) is 0 Å². The number of rotatable bonds is 8. The number of hydrogen-bond donors (Lipinski definition) is 0. The van der Waals surface area contributed by atoms with Gasteiger partial charge in [-0.25, -0.2) is 0 Å². The molecule has 0 atom stereocenters. The first-order valence-electron chi connectivity index (χ1n) is 21.7. The van der Waals surface area contributed by atoms with E-state index < -0.39 is 5.41 Å². The highest BCUT2D eigenvalue weighted by Crippen LogP contribution is 2.58. The molecule has 0 aliphatic heterocycles. The Morgan fingerprint density at radius 1 is 0.333 bits per heavy atom. The summed E-state index contributed by atoms with van der Waals surface area (Å²) in [6, 6.07) is 90.3. The second-order valence-corrected chi connectivity index (χ2v) is 16.4. The molecule has 11 aromatic rings. The van der Waals surface area contributed by atoms with Crippen LogP contribution in [0.2, 0.25) is 0 Å². The van der Waals surface area contributed by atoms with Crippen molar-refractivity contribution in [3.63, 3.8) is 0 Å². The van der Waals surface area contributed by atoms with Crippen LogP contribution in [-0.2, 0) is 5.41 Å². The quantitative estimate of drug-likeness (QED) is 0.152. The standard InChI is InChI=1S/C61H41NO/c1-5-17-42(18-6-1)44-29-31-46(32-30-44)59-56(39-40-58-60(59)53-26-14-16-28-57(53)63-58)62(49-35-33-45(34-36-49)43-19-7-2-8-20-43)50-37-38-52-51-25-13-15-27-54(51)61(55(52)41-50,47-21-9-3-10-22-47)48-23-11-4-12-24-48/h1-41H. The summed E-state index contributed by atoms with van der Waals surface area (Å²) >= 11 is 0. The number of benzene rings is 10. The first kappa shape index (κ1) is 36.6. The average Bonchev–Trinajstić information content (AvgIpc) is 3.89. The molecule has 0 saturated heterocycles. The van der Waals surface area contributed by atoms with Crippen LogP contribution >= 0.6 is 0 Å². The van der Waals surface area contributed by atoms with Crippen molar-refractivity contribution < 1.29 is 4.42 Å². The van der Waals surface area contributed by atoms with E-state index in [2.05, 4.69) is 254 Å². The van der Waals surface area contributed by atoms with Crippen molar-refractivity contribution in [1.82, 2.24) is 0 Å². The lowest BCUT2D eigenvalue weighted by atomic mass is 9.67. The van der Waals surface area contributed by atoms with E-state index in [9.17, 15) is 0 Å². The lowest BCUT2D eigenvalue weighted by Gasteiger charge is -2.35. The second-order valence-electron chi connectivity index (χ2n) is 16.4. The number of furan rings is 1. The second kappa shape index (κ2) is 15.1. The van der Waals surface area contributed by atoms with Crippen molar-refractivity contribution in [2.24, 2.45) is 0 Å². The van der Waals surface area contributed by atoms with E-state index in [4.69, 9.17) is 4.42 Å². The molecule has 0 unspecified atom stereocenters. The molecule has 0 saturated carbocycles. The van der Waals surface area contributed by atoms with Crippen molar-refractivity contribution >= 4 is 39.0 Å². The van der Waals surface area contributed by atoms with Gasteiger partial charge in [0.05, 0.1) is 11.1 Å². The molecule has 0 fully saturated rings. The third-order valence-electron chi connectivity index (χ3n) is 13.0. The molecule has 0 N–H and O–H groups in total. The summed E-state index contributed by atoms with van der Waals surface area (Å²) in [6.07, 6.45) is 0. The lowest BCUT2D eigenvalue weighted by molar-refractivity contribution is 0.669. The van der Waals surface area contributed by atoms with E-state index in [1.165, 1.54) is 55.6 Å². The molecule has 2 nitrogen and oxygen atoms in total. The van der Waals surface area contributed by atoms with Crippen LogP contribution in [0.1, 0.15) is 22.3 Å². The minimum absolute atomic E-state index is 0.548. The Hall–Kier alpha value is -8.20. The fraction of sp³-hybridized carbons (Fsp3) is 0.0164. The molecule has 10 aromatic carbocycles. The topological polar surface area (TPSA) is 16.4 Å². The first-order valence-corrected chi connectivity index (χ1v) is 21.7. The Bertz CT molecular complexity index is 3370. The monoisotopic (exact) mass is 803 g/mol. The SMILES string of the molecule is c1ccc(-c2ccc(-c3c(N(c4ccc(-c5ccccc5)cc4)c4ccc5c(c4)C(c4ccccc4)(c4ccccc4)c4ccccc4-5)ccc4oc5ccccc5c34)cc2)cc1. The first-order chi connectivity index (χ1) is 31.3. The van der Waals surface area contributed by atoms with Crippen molar-refractivity contribution in [2.45, 2.75) is 5.41 Å². The van der Waals surface area contributed by atoms with E-state index in [0.717, 1.165) is 50.1 Å². The summed E-state index contributed by atoms with van der Waals surface area (Å²) in [4.78, 5) is 2.46. The molecule has 1 aromatic heterocycles. The van der Waals surface area contributed by atoms with Crippen LogP contribution in [0, 0.1) is 0 Å².